The highest BCUT2D eigenvalue weighted by atomic mass is 16.5. The van der Waals surface area contributed by atoms with E-state index >= 15 is 0 Å². The first kappa shape index (κ1) is 20.1. The lowest BCUT2D eigenvalue weighted by atomic mass is 10.1. The zero-order valence-corrected chi connectivity index (χ0v) is 17.9. The van der Waals surface area contributed by atoms with Crippen LogP contribution in [-0.4, -0.2) is 41.0 Å². The lowest BCUT2D eigenvalue weighted by molar-refractivity contribution is 0.00328. The van der Waals surface area contributed by atoms with Crippen LogP contribution in [0.1, 0.15) is 17.4 Å². The quantitative estimate of drug-likeness (QED) is 0.451. The number of rotatable bonds is 6. The number of nitrogens with zero attached hydrogens (tertiary/aromatic N) is 4. The van der Waals surface area contributed by atoms with Crippen molar-refractivity contribution in [3.8, 4) is 40.2 Å². The van der Waals surface area contributed by atoms with Crippen LogP contribution in [0.5, 0.6) is 17.2 Å². The Balaban J connectivity index is 1.39. The Hall–Kier alpha value is -3.85. The largest absolute Gasteiger partial charge is 0.497 e. The molecular weight excluding hydrogens is 412 g/mol. The summed E-state index contributed by atoms with van der Waals surface area (Å²) in [6.07, 6.45) is 1.71. The molecule has 0 radical (unpaired) electrons. The van der Waals surface area contributed by atoms with E-state index in [1.54, 1.807) is 33.7 Å². The van der Waals surface area contributed by atoms with Crippen molar-refractivity contribution in [3.63, 3.8) is 0 Å². The van der Waals surface area contributed by atoms with E-state index in [0.717, 1.165) is 17.0 Å². The summed E-state index contributed by atoms with van der Waals surface area (Å²) in [7, 11) is 4.84. The standard InChI is InChI=1S/C23H22N4O5/c1-28-15-6-4-14(5-7-15)20-11-27-13-24-21(18(27)12-31-20)23-25-22(26-32-23)17-9-8-16(29-2)10-19(17)30-3/h4-10,13,20H,11-12H2,1-3H3/t20-/m1/s1. The van der Waals surface area contributed by atoms with Crippen molar-refractivity contribution in [3.05, 3.63) is 60.0 Å². The molecule has 0 spiro atoms. The molecule has 5 rings (SSSR count). The number of methoxy groups -OCH3 is 3. The average molecular weight is 434 g/mol. The minimum atomic E-state index is -0.0720. The predicted molar refractivity (Wildman–Crippen MR) is 115 cm³/mol. The molecule has 0 fully saturated rings. The Morgan fingerprint density at radius 2 is 1.75 bits per heavy atom. The van der Waals surface area contributed by atoms with Gasteiger partial charge in [0, 0.05) is 6.07 Å². The monoisotopic (exact) mass is 434 g/mol. The summed E-state index contributed by atoms with van der Waals surface area (Å²) >= 11 is 0. The first-order chi connectivity index (χ1) is 15.7. The lowest BCUT2D eigenvalue weighted by Gasteiger charge is -2.25. The first-order valence-corrected chi connectivity index (χ1v) is 10.1. The Kier molecular flexibility index (Phi) is 5.24. The van der Waals surface area contributed by atoms with Gasteiger partial charge in [-0.1, -0.05) is 17.3 Å². The number of hydrogen-bond donors (Lipinski definition) is 0. The molecule has 0 unspecified atom stereocenters. The zero-order valence-electron chi connectivity index (χ0n) is 17.9. The zero-order chi connectivity index (χ0) is 22.1. The summed E-state index contributed by atoms with van der Waals surface area (Å²) in [6.45, 7) is 1.03. The Morgan fingerprint density at radius 3 is 2.50 bits per heavy atom. The molecule has 1 aliphatic rings. The number of aromatic nitrogens is 4. The molecule has 9 heteroatoms. The number of imidazole rings is 1. The molecule has 0 saturated carbocycles. The molecule has 3 heterocycles. The number of hydrogen-bond acceptors (Lipinski definition) is 8. The topological polar surface area (TPSA) is 93.7 Å². The number of fused-ring (bicyclic) bond motifs is 1. The van der Waals surface area contributed by atoms with Crippen LogP contribution in [0.2, 0.25) is 0 Å². The minimum absolute atomic E-state index is 0.0720. The smallest absolute Gasteiger partial charge is 0.278 e. The van der Waals surface area contributed by atoms with Gasteiger partial charge in [-0.2, -0.15) is 4.98 Å². The normalized spacial score (nSPS) is 15.3. The van der Waals surface area contributed by atoms with Crippen LogP contribution in [-0.2, 0) is 17.9 Å². The van der Waals surface area contributed by atoms with Crippen molar-refractivity contribution in [2.75, 3.05) is 21.3 Å². The fourth-order valence-corrected chi connectivity index (χ4v) is 3.74. The van der Waals surface area contributed by atoms with Crippen molar-refractivity contribution < 1.29 is 23.5 Å². The van der Waals surface area contributed by atoms with Gasteiger partial charge < -0.3 is 28.0 Å². The molecule has 0 N–H and O–H groups in total. The summed E-state index contributed by atoms with van der Waals surface area (Å²) in [6, 6.07) is 13.3. The summed E-state index contributed by atoms with van der Waals surface area (Å²) in [4.78, 5) is 9.06. The van der Waals surface area contributed by atoms with E-state index in [9.17, 15) is 0 Å². The maximum Gasteiger partial charge on any atom is 0.278 e. The van der Waals surface area contributed by atoms with Crippen molar-refractivity contribution in [1.29, 1.82) is 0 Å². The lowest BCUT2D eigenvalue weighted by Crippen LogP contribution is -2.20. The molecule has 0 saturated heterocycles. The van der Waals surface area contributed by atoms with Crippen LogP contribution in [0.25, 0.3) is 23.0 Å². The molecule has 32 heavy (non-hydrogen) atoms. The second-order valence-electron chi connectivity index (χ2n) is 7.25. The first-order valence-electron chi connectivity index (χ1n) is 10.1. The third-order valence-electron chi connectivity index (χ3n) is 5.50. The maximum absolute atomic E-state index is 6.11. The predicted octanol–water partition coefficient (Wildman–Crippen LogP) is 3.90. The van der Waals surface area contributed by atoms with Crippen molar-refractivity contribution in [1.82, 2.24) is 19.7 Å². The second-order valence-corrected chi connectivity index (χ2v) is 7.25. The minimum Gasteiger partial charge on any atom is -0.497 e. The van der Waals surface area contributed by atoms with E-state index in [1.165, 1.54) is 0 Å². The molecule has 2 aromatic heterocycles. The van der Waals surface area contributed by atoms with E-state index in [0.29, 0.717) is 47.6 Å². The van der Waals surface area contributed by atoms with Gasteiger partial charge in [0.25, 0.3) is 5.89 Å². The van der Waals surface area contributed by atoms with Gasteiger partial charge in [-0.05, 0) is 29.8 Å². The van der Waals surface area contributed by atoms with Crippen LogP contribution in [0.4, 0.5) is 0 Å². The molecule has 0 aliphatic carbocycles. The summed E-state index contributed by atoms with van der Waals surface area (Å²) < 4.78 is 29.6. The van der Waals surface area contributed by atoms with Crippen LogP contribution < -0.4 is 14.2 Å². The van der Waals surface area contributed by atoms with Gasteiger partial charge in [0.05, 0.1) is 52.1 Å². The Labute approximate surface area is 184 Å². The van der Waals surface area contributed by atoms with E-state index in [1.807, 2.05) is 36.4 Å². The number of benzene rings is 2. The van der Waals surface area contributed by atoms with Crippen LogP contribution in [0, 0.1) is 0 Å². The summed E-state index contributed by atoms with van der Waals surface area (Å²) in [5, 5.41) is 4.13. The van der Waals surface area contributed by atoms with Crippen molar-refractivity contribution in [2.45, 2.75) is 19.3 Å². The van der Waals surface area contributed by atoms with Crippen LogP contribution in [0.15, 0.2) is 53.3 Å². The molecule has 0 bridgehead atoms. The fraction of sp³-hybridized carbons (Fsp3) is 0.261. The molecule has 164 valence electrons. The molecule has 9 nitrogen and oxygen atoms in total. The van der Waals surface area contributed by atoms with Gasteiger partial charge in [0.2, 0.25) is 5.82 Å². The van der Waals surface area contributed by atoms with Crippen molar-refractivity contribution in [2.24, 2.45) is 0 Å². The number of ether oxygens (including phenoxy) is 4. The van der Waals surface area contributed by atoms with E-state index in [2.05, 4.69) is 19.7 Å². The molecule has 2 aromatic carbocycles. The maximum atomic E-state index is 6.11. The second kappa shape index (κ2) is 8.35. The van der Waals surface area contributed by atoms with Crippen LogP contribution >= 0.6 is 0 Å². The highest BCUT2D eigenvalue weighted by Crippen LogP contribution is 2.35. The SMILES string of the molecule is COc1ccc([C@H]2Cn3cnc(-c4nc(-c5ccc(OC)cc5OC)no4)c3CO2)cc1. The molecule has 1 atom stereocenters. The van der Waals surface area contributed by atoms with E-state index in [4.69, 9.17) is 23.5 Å². The van der Waals surface area contributed by atoms with Gasteiger partial charge in [-0.25, -0.2) is 4.98 Å². The highest BCUT2D eigenvalue weighted by molar-refractivity contribution is 5.67. The van der Waals surface area contributed by atoms with Gasteiger partial charge in [0.1, 0.15) is 23.4 Å². The summed E-state index contributed by atoms with van der Waals surface area (Å²) in [5.74, 6) is 2.83. The van der Waals surface area contributed by atoms with Crippen LogP contribution in [0.3, 0.4) is 0 Å². The third-order valence-corrected chi connectivity index (χ3v) is 5.50. The Morgan fingerprint density at radius 1 is 0.969 bits per heavy atom. The van der Waals surface area contributed by atoms with E-state index < -0.39 is 0 Å². The molecule has 0 amide bonds. The van der Waals surface area contributed by atoms with Gasteiger partial charge in [-0.3, -0.25) is 0 Å². The molecule has 4 aromatic rings. The Bertz CT molecular complexity index is 1230. The van der Waals surface area contributed by atoms with Gasteiger partial charge in [0.15, 0.2) is 5.69 Å². The molecule has 1 aliphatic heterocycles. The highest BCUT2D eigenvalue weighted by Gasteiger charge is 2.27. The van der Waals surface area contributed by atoms with Crippen molar-refractivity contribution >= 4 is 0 Å². The summed E-state index contributed by atoms with van der Waals surface area (Å²) in [5.41, 5.74) is 3.29. The fourth-order valence-electron chi connectivity index (χ4n) is 3.74. The molecular formula is C23H22N4O5. The van der Waals surface area contributed by atoms with Gasteiger partial charge in [-0.15, -0.1) is 0 Å². The third kappa shape index (κ3) is 3.56. The average Bonchev–Trinajstić information content (AvgIpc) is 3.50. The van der Waals surface area contributed by atoms with E-state index in [-0.39, 0.29) is 6.10 Å². The van der Waals surface area contributed by atoms with Gasteiger partial charge >= 0.3 is 0 Å².